The standard InChI is InChI=1S/C15H24O.2C3H8/c1-3-8-15(16-13-4-2)12-11-14-9-6-5-7-10-14;2*1-3-2/h5-7,9-10,15H,3-4,8,11-13H2,1-2H3;2*3H2,1-2H3. The Kier molecular flexibility index (Phi) is 21.5. The van der Waals surface area contributed by atoms with Crippen molar-refractivity contribution in [2.75, 3.05) is 6.61 Å². The van der Waals surface area contributed by atoms with Crippen molar-refractivity contribution in [3.05, 3.63) is 35.9 Å². The van der Waals surface area contributed by atoms with E-state index in [1.54, 1.807) is 0 Å². The molecule has 0 amide bonds. The molecule has 0 heterocycles. The second-order valence-corrected chi connectivity index (χ2v) is 5.72. The molecule has 0 aliphatic rings. The van der Waals surface area contributed by atoms with Crippen LogP contribution in [0.2, 0.25) is 0 Å². The fourth-order valence-corrected chi connectivity index (χ4v) is 1.89. The number of hydrogen-bond acceptors (Lipinski definition) is 1. The van der Waals surface area contributed by atoms with Gasteiger partial charge in [-0.3, -0.25) is 0 Å². The van der Waals surface area contributed by atoms with Gasteiger partial charge in [0, 0.05) is 6.61 Å². The van der Waals surface area contributed by atoms with E-state index < -0.39 is 0 Å². The molecule has 130 valence electrons. The number of hydrogen-bond donors (Lipinski definition) is 0. The molecule has 1 aromatic carbocycles. The summed E-state index contributed by atoms with van der Waals surface area (Å²) >= 11 is 0. The Morgan fingerprint density at radius 2 is 1.32 bits per heavy atom. The summed E-state index contributed by atoms with van der Waals surface area (Å²) in [5, 5.41) is 0. The summed E-state index contributed by atoms with van der Waals surface area (Å²) in [4.78, 5) is 0. The number of aryl methyl sites for hydroxylation is 1. The quantitative estimate of drug-likeness (QED) is 0.500. The molecule has 1 aromatic rings. The molecule has 1 atom stereocenters. The maximum Gasteiger partial charge on any atom is 0.0578 e. The van der Waals surface area contributed by atoms with E-state index in [0.717, 1.165) is 25.9 Å². The molecular weight excluding hydrogens is 268 g/mol. The summed E-state index contributed by atoms with van der Waals surface area (Å²) < 4.78 is 5.85. The molecule has 0 spiro atoms. The second kappa shape index (κ2) is 20.2. The Morgan fingerprint density at radius 3 is 1.77 bits per heavy atom. The largest absolute Gasteiger partial charge is 0.378 e. The minimum Gasteiger partial charge on any atom is -0.378 e. The van der Waals surface area contributed by atoms with Gasteiger partial charge in [0.1, 0.15) is 0 Å². The zero-order chi connectivity index (χ0) is 17.1. The van der Waals surface area contributed by atoms with Crippen LogP contribution in [-0.2, 0) is 11.2 Å². The topological polar surface area (TPSA) is 9.23 Å². The van der Waals surface area contributed by atoms with Crippen molar-refractivity contribution < 1.29 is 4.74 Å². The van der Waals surface area contributed by atoms with Crippen LogP contribution in [0.1, 0.15) is 85.6 Å². The Balaban J connectivity index is 0. The predicted molar refractivity (Wildman–Crippen MR) is 102 cm³/mol. The lowest BCUT2D eigenvalue weighted by Gasteiger charge is -2.16. The van der Waals surface area contributed by atoms with Crippen molar-refractivity contribution in [1.29, 1.82) is 0 Å². The monoisotopic (exact) mass is 308 g/mol. The van der Waals surface area contributed by atoms with E-state index in [1.807, 2.05) is 0 Å². The highest BCUT2D eigenvalue weighted by molar-refractivity contribution is 5.14. The Labute approximate surface area is 140 Å². The van der Waals surface area contributed by atoms with Gasteiger partial charge in [0.05, 0.1) is 6.10 Å². The van der Waals surface area contributed by atoms with Crippen LogP contribution < -0.4 is 0 Å². The minimum absolute atomic E-state index is 0.449. The van der Waals surface area contributed by atoms with Gasteiger partial charge in [-0.15, -0.1) is 0 Å². The van der Waals surface area contributed by atoms with Gasteiger partial charge >= 0.3 is 0 Å². The van der Waals surface area contributed by atoms with Gasteiger partial charge in [-0.2, -0.15) is 0 Å². The molecule has 1 heteroatoms. The summed E-state index contributed by atoms with van der Waals surface area (Å²) in [6.07, 6.45) is 8.75. The number of ether oxygens (including phenoxy) is 1. The lowest BCUT2D eigenvalue weighted by Crippen LogP contribution is -2.14. The van der Waals surface area contributed by atoms with E-state index in [9.17, 15) is 0 Å². The fourth-order valence-electron chi connectivity index (χ4n) is 1.89. The van der Waals surface area contributed by atoms with Crippen molar-refractivity contribution in [2.24, 2.45) is 0 Å². The van der Waals surface area contributed by atoms with Crippen molar-refractivity contribution in [1.82, 2.24) is 0 Å². The van der Waals surface area contributed by atoms with Gasteiger partial charge in [-0.05, 0) is 31.2 Å². The molecule has 1 unspecified atom stereocenters. The van der Waals surface area contributed by atoms with Gasteiger partial charge in [0.2, 0.25) is 0 Å². The van der Waals surface area contributed by atoms with E-state index in [2.05, 4.69) is 71.9 Å². The summed E-state index contributed by atoms with van der Waals surface area (Å²) in [5.41, 5.74) is 1.42. The third kappa shape index (κ3) is 17.2. The lowest BCUT2D eigenvalue weighted by atomic mass is 10.0. The molecule has 0 radical (unpaired) electrons. The highest BCUT2D eigenvalue weighted by atomic mass is 16.5. The van der Waals surface area contributed by atoms with Gasteiger partial charge in [-0.25, -0.2) is 0 Å². The third-order valence-electron chi connectivity index (χ3n) is 2.77. The molecule has 1 nitrogen and oxygen atoms in total. The first-order valence-electron chi connectivity index (χ1n) is 9.35. The van der Waals surface area contributed by atoms with Gasteiger partial charge < -0.3 is 4.74 Å². The van der Waals surface area contributed by atoms with E-state index in [1.165, 1.54) is 31.2 Å². The first-order valence-corrected chi connectivity index (χ1v) is 9.35. The van der Waals surface area contributed by atoms with Gasteiger partial charge in [0.15, 0.2) is 0 Å². The average Bonchev–Trinajstić information content (AvgIpc) is 2.53. The number of rotatable bonds is 8. The van der Waals surface area contributed by atoms with Crippen LogP contribution in [0.15, 0.2) is 30.3 Å². The van der Waals surface area contributed by atoms with Crippen molar-refractivity contribution >= 4 is 0 Å². The lowest BCUT2D eigenvalue weighted by molar-refractivity contribution is 0.0418. The Bertz CT molecular complexity index is 279. The molecule has 0 aliphatic heterocycles. The van der Waals surface area contributed by atoms with Gasteiger partial charge in [-0.1, -0.05) is 91.1 Å². The average molecular weight is 309 g/mol. The van der Waals surface area contributed by atoms with E-state index in [0.29, 0.717) is 6.10 Å². The molecule has 1 rings (SSSR count). The van der Waals surface area contributed by atoms with Crippen LogP contribution in [0.3, 0.4) is 0 Å². The van der Waals surface area contributed by atoms with Crippen LogP contribution in [0.25, 0.3) is 0 Å². The van der Waals surface area contributed by atoms with E-state index in [4.69, 9.17) is 4.74 Å². The van der Waals surface area contributed by atoms with E-state index in [-0.39, 0.29) is 0 Å². The number of benzene rings is 1. The molecule has 0 aromatic heterocycles. The smallest absolute Gasteiger partial charge is 0.0578 e. The normalized spacial score (nSPS) is 10.8. The first kappa shape index (κ1) is 23.4. The highest BCUT2D eigenvalue weighted by Crippen LogP contribution is 2.12. The summed E-state index contributed by atoms with van der Waals surface area (Å²) in [6, 6.07) is 10.7. The SMILES string of the molecule is CCC.CCC.CCCOC(CCC)CCc1ccccc1. The van der Waals surface area contributed by atoms with Crippen molar-refractivity contribution in [2.45, 2.75) is 92.6 Å². The Hall–Kier alpha value is -0.820. The Morgan fingerprint density at radius 1 is 0.773 bits per heavy atom. The molecule has 0 N–H and O–H groups in total. The van der Waals surface area contributed by atoms with Crippen molar-refractivity contribution in [3.8, 4) is 0 Å². The maximum absolute atomic E-state index is 5.85. The predicted octanol–water partition coefficient (Wildman–Crippen LogP) is 7.05. The summed E-state index contributed by atoms with van der Waals surface area (Å²) in [5.74, 6) is 0. The highest BCUT2D eigenvalue weighted by Gasteiger charge is 2.07. The molecule has 0 bridgehead atoms. The van der Waals surface area contributed by atoms with E-state index >= 15 is 0 Å². The van der Waals surface area contributed by atoms with Crippen LogP contribution in [0, 0.1) is 0 Å². The summed E-state index contributed by atoms with van der Waals surface area (Å²) in [6.45, 7) is 13.8. The fraction of sp³-hybridized carbons (Fsp3) is 0.714. The first-order chi connectivity index (χ1) is 10.7. The van der Waals surface area contributed by atoms with Crippen LogP contribution in [-0.4, -0.2) is 12.7 Å². The molecule has 0 saturated heterocycles. The van der Waals surface area contributed by atoms with Crippen LogP contribution in [0.5, 0.6) is 0 Å². The maximum atomic E-state index is 5.85. The molecule has 22 heavy (non-hydrogen) atoms. The second-order valence-electron chi connectivity index (χ2n) is 5.72. The zero-order valence-electron chi connectivity index (χ0n) is 16.0. The molecular formula is C21H40O. The molecule has 0 fully saturated rings. The molecule has 0 aliphatic carbocycles. The van der Waals surface area contributed by atoms with Crippen molar-refractivity contribution in [3.63, 3.8) is 0 Å². The zero-order valence-corrected chi connectivity index (χ0v) is 16.0. The van der Waals surface area contributed by atoms with Crippen LogP contribution >= 0.6 is 0 Å². The summed E-state index contributed by atoms with van der Waals surface area (Å²) in [7, 11) is 0. The third-order valence-corrected chi connectivity index (χ3v) is 2.77. The minimum atomic E-state index is 0.449. The van der Waals surface area contributed by atoms with Gasteiger partial charge in [0.25, 0.3) is 0 Å². The van der Waals surface area contributed by atoms with Crippen LogP contribution in [0.4, 0.5) is 0 Å². The molecule has 0 saturated carbocycles.